The third-order valence-corrected chi connectivity index (χ3v) is 2.42. The highest BCUT2D eigenvalue weighted by Crippen LogP contribution is 2.33. The van der Waals surface area contributed by atoms with Crippen LogP contribution in [0.3, 0.4) is 0 Å². The molecule has 0 amide bonds. The first-order valence-electron chi connectivity index (χ1n) is 4.46. The molecule has 2 N–H and O–H groups in total. The van der Waals surface area contributed by atoms with Crippen molar-refractivity contribution < 1.29 is 32.6 Å². The minimum Gasteiger partial charge on any atom is -0.475 e. The third kappa shape index (κ3) is 2.63. The fraction of sp³-hybridized carbons (Fsp3) is 0.750. The highest BCUT2D eigenvalue weighted by atomic mass is 19.4. The smallest absolute Gasteiger partial charge is 0.475 e. The van der Waals surface area contributed by atoms with Crippen LogP contribution in [0, 0.1) is 5.41 Å². The lowest BCUT2D eigenvalue weighted by Crippen LogP contribution is -2.55. The monoisotopic (exact) mass is 241 g/mol. The van der Waals surface area contributed by atoms with Gasteiger partial charge < -0.3 is 15.2 Å². The zero-order valence-corrected chi connectivity index (χ0v) is 8.13. The van der Waals surface area contributed by atoms with Crippen molar-refractivity contribution in [1.82, 2.24) is 5.32 Å². The predicted molar refractivity (Wildman–Crippen MR) is 44.6 cm³/mol. The number of carboxylic acids is 1. The topological polar surface area (TPSA) is 75.6 Å². The molecule has 0 aliphatic carbocycles. The lowest BCUT2D eigenvalue weighted by atomic mass is 9.81. The molecular weight excluding hydrogens is 231 g/mol. The number of carboxylic acid groups (broad SMARTS) is 1. The molecule has 2 fully saturated rings. The standard InChI is InChI=1S/C6H9NO2.C2HF3O2/c8-5-6(1-2-9-5)3-7-4-6;3-2(4,5)1(6)7/h7H,1-4H2;(H,6,7). The highest BCUT2D eigenvalue weighted by Gasteiger charge is 2.49. The Bertz CT molecular complexity index is 298. The molecule has 0 bridgehead atoms. The average Bonchev–Trinajstić information content (AvgIpc) is 2.45. The maximum Gasteiger partial charge on any atom is 0.490 e. The van der Waals surface area contributed by atoms with Gasteiger partial charge in [-0.2, -0.15) is 13.2 Å². The molecule has 16 heavy (non-hydrogen) atoms. The summed E-state index contributed by atoms with van der Waals surface area (Å²) < 4.78 is 36.6. The maximum atomic E-state index is 10.9. The summed E-state index contributed by atoms with van der Waals surface area (Å²) in [5.74, 6) is -2.76. The molecule has 1 spiro atoms. The second-order valence-electron chi connectivity index (χ2n) is 3.57. The summed E-state index contributed by atoms with van der Waals surface area (Å²) in [6.07, 6.45) is -4.17. The minimum absolute atomic E-state index is 0.00116. The number of halogens is 3. The fourth-order valence-corrected chi connectivity index (χ4v) is 1.34. The number of carbonyl (C=O) groups is 2. The molecule has 0 aromatic carbocycles. The number of esters is 1. The Labute approximate surface area is 88.6 Å². The summed E-state index contributed by atoms with van der Waals surface area (Å²) in [6.45, 7) is 2.28. The van der Waals surface area contributed by atoms with E-state index in [-0.39, 0.29) is 11.4 Å². The van der Waals surface area contributed by atoms with Crippen LogP contribution in [-0.4, -0.2) is 42.9 Å². The largest absolute Gasteiger partial charge is 0.490 e. The zero-order chi connectivity index (χ0) is 12.4. The van der Waals surface area contributed by atoms with Crippen LogP contribution in [0.4, 0.5) is 13.2 Å². The van der Waals surface area contributed by atoms with Gasteiger partial charge >= 0.3 is 18.1 Å². The Kier molecular flexibility index (Phi) is 3.41. The summed E-state index contributed by atoms with van der Waals surface area (Å²) in [7, 11) is 0. The zero-order valence-electron chi connectivity index (χ0n) is 8.13. The van der Waals surface area contributed by atoms with Gasteiger partial charge in [0.05, 0.1) is 12.0 Å². The molecular formula is C8H10F3NO4. The van der Waals surface area contributed by atoms with Gasteiger partial charge in [0, 0.05) is 19.5 Å². The van der Waals surface area contributed by atoms with E-state index in [0.29, 0.717) is 6.61 Å². The highest BCUT2D eigenvalue weighted by molar-refractivity contribution is 5.80. The number of aliphatic carboxylic acids is 1. The first-order chi connectivity index (χ1) is 7.28. The normalized spacial score (nSPS) is 21.8. The molecule has 92 valence electrons. The molecule has 8 heteroatoms. The van der Waals surface area contributed by atoms with Gasteiger partial charge in [-0.1, -0.05) is 0 Å². The van der Waals surface area contributed by atoms with Crippen molar-refractivity contribution in [3.05, 3.63) is 0 Å². The SMILES string of the molecule is O=C(O)C(F)(F)F.O=C1OCCC12CNC2. The van der Waals surface area contributed by atoms with Gasteiger partial charge in [0.1, 0.15) is 0 Å². The van der Waals surface area contributed by atoms with Crippen LogP contribution in [-0.2, 0) is 14.3 Å². The predicted octanol–water partition coefficient (Wildman–Crippen LogP) is 0.156. The molecule has 2 aliphatic heterocycles. The third-order valence-electron chi connectivity index (χ3n) is 2.42. The number of alkyl halides is 3. The number of nitrogens with one attached hydrogen (secondary N) is 1. The van der Waals surface area contributed by atoms with E-state index in [4.69, 9.17) is 14.6 Å². The van der Waals surface area contributed by atoms with Crippen molar-refractivity contribution in [2.75, 3.05) is 19.7 Å². The second-order valence-corrected chi connectivity index (χ2v) is 3.57. The summed E-state index contributed by atoms with van der Waals surface area (Å²) in [6, 6.07) is 0. The van der Waals surface area contributed by atoms with Crippen LogP contribution in [0.2, 0.25) is 0 Å². The summed E-state index contributed by atoms with van der Waals surface area (Å²) in [5.41, 5.74) is -0.0972. The Morgan fingerprint density at radius 2 is 1.94 bits per heavy atom. The Hall–Kier alpha value is -1.31. The molecule has 2 rings (SSSR count). The summed E-state index contributed by atoms with van der Waals surface area (Å²) >= 11 is 0. The molecule has 0 aromatic rings. The van der Waals surface area contributed by atoms with Crippen molar-refractivity contribution >= 4 is 11.9 Å². The quantitative estimate of drug-likeness (QED) is 0.591. The minimum atomic E-state index is -5.08. The molecule has 0 unspecified atom stereocenters. The van der Waals surface area contributed by atoms with Crippen molar-refractivity contribution in [2.24, 2.45) is 5.41 Å². The lowest BCUT2D eigenvalue weighted by molar-refractivity contribution is -0.192. The fourth-order valence-electron chi connectivity index (χ4n) is 1.34. The Morgan fingerprint density at radius 1 is 1.44 bits per heavy atom. The van der Waals surface area contributed by atoms with Gasteiger partial charge in [-0.05, 0) is 0 Å². The van der Waals surface area contributed by atoms with Gasteiger partial charge in [-0.15, -0.1) is 0 Å². The number of ether oxygens (including phenoxy) is 1. The van der Waals surface area contributed by atoms with Gasteiger partial charge in [-0.3, -0.25) is 4.79 Å². The molecule has 0 saturated carbocycles. The summed E-state index contributed by atoms with van der Waals surface area (Å²) in [4.78, 5) is 19.8. The van der Waals surface area contributed by atoms with Crippen molar-refractivity contribution in [3.8, 4) is 0 Å². The second kappa shape index (κ2) is 4.28. The van der Waals surface area contributed by atoms with Crippen molar-refractivity contribution in [3.63, 3.8) is 0 Å². The molecule has 5 nitrogen and oxygen atoms in total. The van der Waals surface area contributed by atoms with E-state index < -0.39 is 12.1 Å². The number of carbonyl (C=O) groups excluding carboxylic acids is 1. The molecule has 0 radical (unpaired) electrons. The number of rotatable bonds is 0. The van der Waals surface area contributed by atoms with E-state index in [0.717, 1.165) is 19.5 Å². The maximum absolute atomic E-state index is 10.9. The van der Waals surface area contributed by atoms with Crippen molar-refractivity contribution in [2.45, 2.75) is 12.6 Å². The lowest BCUT2D eigenvalue weighted by Gasteiger charge is -2.34. The number of hydrogen-bond acceptors (Lipinski definition) is 4. The van der Waals surface area contributed by atoms with E-state index in [9.17, 15) is 18.0 Å². The van der Waals surface area contributed by atoms with E-state index >= 15 is 0 Å². The molecule has 2 heterocycles. The van der Waals surface area contributed by atoms with Gasteiger partial charge in [-0.25, -0.2) is 4.79 Å². The van der Waals surface area contributed by atoms with E-state index in [1.54, 1.807) is 0 Å². The van der Waals surface area contributed by atoms with E-state index in [2.05, 4.69) is 5.32 Å². The van der Waals surface area contributed by atoms with Gasteiger partial charge in [0.2, 0.25) is 0 Å². The van der Waals surface area contributed by atoms with Crippen LogP contribution >= 0.6 is 0 Å². The average molecular weight is 241 g/mol. The molecule has 0 atom stereocenters. The molecule has 2 aliphatic rings. The van der Waals surface area contributed by atoms with E-state index in [1.807, 2.05) is 0 Å². The van der Waals surface area contributed by atoms with Crippen LogP contribution in [0.15, 0.2) is 0 Å². The van der Waals surface area contributed by atoms with E-state index in [1.165, 1.54) is 0 Å². The van der Waals surface area contributed by atoms with Crippen LogP contribution < -0.4 is 5.32 Å². The Morgan fingerprint density at radius 3 is 2.06 bits per heavy atom. The molecule has 0 aromatic heterocycles. The van der Waals surface area contributed by atoms with Crippen LogP contribution in [0.1, 0.15) is 6.42 Å². The van der Waals surface area contributed by atoms with Gasteiger partial charge in [0.25, 0.3) is 0 Å². The summed E-state index contributed by atoms with van der Waals surface area (Å²) in [5, 5.41) is 10.2. The van der Waals surface area contributed by atoms with Crippen molar-refractivity contribution in [1.29, 1.82) is 0 Å². The van der Waals surface area contributed by atoms with Crippen LogP contribution in [0.5, 0.6) is 0 Å². The first-order valence-corrected chi connectivity index (χ1v) is 4.46. The Balaban J connectivity index is 0.000000168. The molecule has 2 saturated heterocycles. The first kappa shape index (κ1) is 12.8. The number of hydrogen-bond donors (Lipinski definition) is 2. The van der Waals surface area contributed by atoms with Gasteiger partial charge in [0.15, 0.2) is 0 Å². The van der Waals surface area contributed by atoms with Crippen LogP contribution in [0.25, 0.3) is 0 Å². The number of cyclic esters (lactones) is 1.